The van der Waals surface area contributed by atoms with Gasteiger partial charge in [-0.25, -0.2) is 4.98 Å². The van der Waals surface area contributed by atoms with Crippen molar-refractivity contribution in [2.75, 3.05) is 37.5 Å². The third-order valence-electron chi connectivity index (χ3n) is 7.39. The summed E-state index contributed by atoms with van der Waals surface area (Å²) in [4.78, 5) is 22.2. The first kappa shape index (κ1) is 24.0. The van der Waals surface area contributed by atoms with Crippen molar-refractivity contribution in [3.63, 3.8) is 0 Å². The molecule has 0 aliphatic carbocycles. The Morgan fingerprint density at radius 3 is 2.78 bits per heavy atom. The zero-order chi connectivity index (χ0) is 25.3. The number of nitrogens with one attached hydrogen (secondary N) is 1. The van der Waals surface area contributed by atoms with Crippen molar-refractivity contribution in [2.24, 2.45) is 0 Å². The van der Waals surface area contributed by atoms with E-state index in [1.807, 2.05) is 41.3 Å². The maximum Gasteiger partial charge on any atom is 0.253 e. The van der Waals surface area contributed by atoms with E-state index in [1.165, 1.54) is 0 Å². The number of hydrogen-bond acceptors (Lipinski definition) is 6. The van der Waals surface area contributed by atoms with Crippen LogP contribution in [0.2, 0.25) is 0 Å². The van der Waals surface area contributed by atoms with E-state index >= 15 is 0 Å². The standard InChI is InChI=1S/C29H34N4O3/c1-5-7-9-27-30-23-18-20(10-13-25(23)36-27)28(34)33-16-14-29(15-17-33)26(8-6-2)32(3)24-12-11-21(35-4)19-22(24)31-29/h6,8,10-13,18-19,31H,2,5,7,9,14-17H2,1,3-4H3/b26-8-. The van der Waals surface area contributed by atoms with Crippen molar-refractivity contribution in [1.82, 2.24) is 9.88 Å². The van der Waals surface area contributed by atoms with E-state index in [0.29, 0.717) is 18.7 Å². The van der Waals surface area contributed by atoms with Crippen LogP contribution in [0.5, 0.6) is 5.75 Å². The van der Waals surface area contributed by atoms with E-state index in [2.05, 4.69) is 47.9 Å². The summed E-state index contributed by atoms with van der Waals surface area (Å²) in [6.45, 7) is 7.38. The van der Waals surface area contributed by atoms with E-state index in [9.17, 15) is 4.79 Å². The number of unbranched alkanes of at least 4 members (excludes halogenated alkanes) is 1. The van der Waals surface area contributed by atoms with Gasteiger partial charge in [0.1, 0.15) is 11.3 Å². The highest BCUT2D eigenvalue weighted by molar-refractivity contribution is 5.97. The number of carbonyl (C=O) groups is 1. The summed E-state index contributed by atoms with van der Waals surface area (Å²) in [5.41, 5.74) is 5.13. The fourth-order valence-electron chi connectivity index (χ4n) is 5.39. The van der Waals surface area contributed by atoms with Gasteiger partial charge >= 0.3 is 0 Å². The van der Waals surface area contributed by atoms with Crippen LogP contribution in [0, 0.1) is 0 Å². The first-order chi connectivity index (χ1) is 17.5. The summed E-state index contributed by atoms with van der Waals surface area (Å²) < 4.78 is 11.3. The van der Waals surface area contributed by atoms with E-state index in [1.54, 1.807) is 7.11 Å². The van der Waals surface area contributed by atoms with Crippen LogP contribution in [0.15, 0.2) is 65.2 Å². The molecular formula is C29H34N4O3. The van der Waals surface area contributed by atoms with Crippen LogP contribution in [0.4, 0.5) is 11.4 Å². The number of piperidine rings is 1. The molecule has 0 atom stereocenters. The summed E-state index contributed by atoms with van der Waals surface area (Å²) in [6.07, 6.45) is 8.43. The van der Waals surface area contributed by atoms with Crippen molar-refractivity contribution in [3.05, 3.63) is 72.3 Å². The number of aromatic nitrogens is 1. The number of carbonyl (C=O) groups excluding carboxylic acids is 1. The lowest BCUT2D eigenvalue weighted by Crippen LogP contribution is -2.56. The maximum absolute atomic E-state index is 13.4. The average Bonchev–Trinajstić information content (AvgIpc) is 3.31. The summed E-state index contributed by atoms with van der Waals surface area (Å²) in [7, 11) is 3.77. The summed E-state index contributed by atoms with van der Waals surface area (Å²) in [5.74, 6) is 1.59. The lowest BCUT2D eigenvalue weighted by Gasteiger charge is -2.50. The third-order valence-corrected chi connectivity index (χ3v) is 7.39. The smallest absolute Gasteiger partial charge is 0.253 e. The largest absolute Gasteiger partial charge is 0.497 e. The zero-order valence-corrected chi connectivity index (χ0v) is 21.3. The predicted molar refractivity (Wildman–Crippen MR) is 144 cm³/mol. The highest BCUT2D eigenvalue weighted by atomic mass is 16.5. The Bertz CT molecular complexity index is 1320. The quantitative estimate of drug-likeness (QED) is 0.476. The van der Waals surface area contributed by atoms with Crippen LogP contribution in [0.1, 0.15) is 48.9 Å². The number of fused-ring (bicyclic) bond motifs is 2. The van der Waals surface area contributed by atoms with Gasteiger partial charge in [-0.05, 0) is 55.7 Å². The molecule has 1 spiro atoms. The number of nitrogens with zero attached hydrogens (tertiary/aromatic N) is 3. The van der Waals surface area contributed by atoms with Crippen LogP contribution in [-0.2, 0) is 6.42 Å². The van der Waals surface area contributed by atoms with E-state index < -0.39 is 0 Å². The van der Waals surface area contributed by atoms with Crippen LogP contribution in [0.3, 0.4) is 0 Å². The summed E-state index contributed by atoms with van der Waals surface area (Å²) in [6, 6.07) is 11.7. The SMILES string of the molecule is C=C/C=C1\N(C)c2ccc(OC)cc2NC12CCN(C(=O)c1ccc3oc(CCCC)nc3c1)CC2. The predicted octanol–water partition coefficient (Wildman–Crippen LogP) is 5.79. The van der Waals surface area contributed by atoms with Gasteiger partial charge in [0.05, 0.1) is 24.0 Å². The second-order valence-corrected chi connectivity index (χ2v) is 9.62. The normalized spacial score (nSPS) is 17.8. The Balaban J connectivity index is 1.36. The number of likely N-dealkylation sites (N-methyl/N-ethyl adjacent to an activating group) is 1. The van der Waals surface area contributed by atoms with Gasteiger partial charge in [0, 0.05) is 43.9 Å². The Hall–Kier alpha value is -3.74. The van der Waals surface area contributed by atoms with Gasteiger partial charge in [-0.15, -0.1) is 0 Å². The lowest BCUT2D eigenvalue weighted by molar-refractivity contribution is 0.0694. The average molecular weight is 487 g/mol. The molecule has 2 aliphatic heterocycles. The Morgan fingerprint density at radius 2 is 2.06 bits per heavy atom. The molecule has 0 unspecified atom stereocenters. The molecule has 1 saturated heterocycles. The molecule has 2 aromatic carbocycles. The summed E-state index contributed by atoms with van der Waals surface area (Å²) >= 11 is 0. The minimum absolute atomic E-state index is 0.0327. The highest BCUT2D eigenvalue weighted by Gasteiger charge is 2.44. The van der Waals surface area contributed by atoms with Crippen molar-refractivity contribution < 1.29 is 13.9 Å². The number of amides is 1. The topological polar surface area (TPSA) is 70.8 Å². The Morgan fingerprint density at radius 1 is 1.25 bits per heavy atom. The van der Waals surface area contributed by atoms with Crippen molar-refractivity contribution >= 4 is 28.4 Å². The number of rotatable bonds is 6. The number of anilines is 2. The molecule has 1 amide bonds. The molecule has 1 aromatic heterocycles. The number of hydrogen-bond donors (Lipinski definition) is 1. The van der Waals surface area contributed by atoms with Crippen LogP contribution < -0.4 is 15.0 Å². The van der Waals surface area contributed by atoms with Gasteiger partial charge < -0.3 is 24.3 Å². The zero-order valence-electron chi connectivity index (χ0n) is 21.3. The molecule has 188 valence electrons. The van der Waals surface area contributed by atoms with Gasteiger partial charge in [0.25, 0.3) is 5.91 Å². The fraction of sp³-hybridized carbons (Fsp3) is 0.379. The monoisotopic (exact) mass is 486 g/mol. The van der Waals surface area contributed by atoms with Crippen LogP contribution in [-0.4, -0.2) is 48.6 Å². The molecule has 3 aromatic rings. The molecule has 2 aliphatic rings. The second kappa shape index (κ2) is 9.72. The fourth-order valence-corrected chi connectivity index (χ4v) is 5.39. The molecule has 3 heterocycles. The van der Waals surface area contributed by atoms with Crippen molar-refractivity contribution in [3.8, 4) is 5.75 Å². The number of aryl methyl sites for hydroxylation is 1. The van der Waals surface area contributed by atoms with Crippen molar-refractivity contribution in [2.45, 2.75) is 44.6 Å². The van der Waals surface area contributed by atoms with Crippen LogP contribution >= 0.6 is 0 Å². The molecular weight excluding hydrogens is 452 g/mol. The number of benzene rings is 2. The Kier molecular flexibility index (Phi) is 6.48. The van der Waals surface area contributed by atoms with Gasteiger partial charge in [-0.3, -0.25) is 4.79 Å². The maximum atomic E-state index is 13.4. The molecule has 7 nitrogen and oxygen atoms in total. The van der Waals surface area contributed by atoms with Gasteiger partial charge in [0.2, 0.25) is 0 Å². The minimum atomic E-state index is -0.288. The molecule has 0 radical (unpaired) electrons. The second-order valence-electron chi connectivity index (χ2n) is 9.62. The third kappa shape index (κ3) is 4.23. The number of allylic oxidation sites excluding steroid dienone is 2. The number of oxazole rings is 1. The lowest BCUT2D eigenvalue weighted by atomic mass is 9.80. The number of methoxy groups -OCH3 is 1. The molecule has 36 heavy (non-hydrogen) atoms. The van der Waals surface area contributed by atoms with Crippen molar-refractivity contribution in [1.29, 1.82) is 0 Å². The molecule has 1 N–H and O–H groups in total. The van der Waals surface area contributed by atoms with E-state index in [4.69, 9.17) is 9.15 Å². The molecule has 0 saturated carbocycles. The molecule has 7 heteroatoms. The van der Waals surface area contributed by atoms with Gasteiger partial charge in [0.15, 0.2) is 11.5 Å². The first-order valence-electron chi connectivity index (χ1n) is 12.7. The van der Waals surface area contributed by atoms with E-state index in [0.717, 1.165) is 71.9 Å². The minimum Gasteiger partial charge on any atom is -0.497 e. The molecule has 1 fully saturated rings. The number of ether oxygens (including phenoxy) is 1. The van der Waals surface area contributed by atoms with E-state index in [-0.39, 0.29) is 11.4 Å². The molecule has 0 bridgehead atoms. The van der Waals surface area contributed by atoms with Gasteiger partial charge in [-0.2, -0.15) is 0 Å². The first-order valence-corrected chi connectivity index (χ1v) is 12.7. The number of likely N-dealkylation sites (tertiary alicyclic amines) is 1. The Labute approximate surface area is 212 Å². The summed E-state index contributed by atoms with van der Waals surface area (Å²) in [5, 5.41) is 3.80. The molecule has 5 rings (SSSR count). The highest BCUT2D eigenvalue weighted by Crippen LogP contribution is 2.45. The van der Waals surface area contributed by atoms with Gasteiger partial charge in [-0.1, -0.05) is 26.0 Å². The van der Waals surface area contributed by atoms with Crippen LogP contribution in [0.25, 0.3) is 11.1 Å².